The number of fused-ring (bicyclic) bond motifs is 6. The predicted molar refractivity (Wildman–Crippen MR) is 120 cm³/mol. The monoisotopic (exact) mass is 450 g/mol. The highest BCUT2D eigenvalue weighted by atomic mass is 19.1. The van der Waals surface area contributed by atoms with Gasteiger partial charge in [0.05, 0.1) is 14.2 Å². The predicted octanol–water partition coefficient (Wildman–Crippen LogP) is 7.61. The number of rotatable bonds is 2. The van der Waals surface area contributed by atoms with Crippen molar-refractivity contribution in [1.82, 2.24) is 0 Å². The van der Waals surface area contributed by atoms with Crippen LogP contribution in [0, 0.1) is 17.5 Å². The van der Waals surface area contributed by atoms with Crippen LogP contribution in [-0.4, -0.2) is 14.2 Å². The van der Waals surface area contributed by atoms with Crippen LogP contribution in [0.5, 0.6) is 11.5 Å². The van der Waals surface area contributed by atoms with Crippen LogP contribution >= 0.6 is 0 Å². The van der Waals surface area contributed by atoms with Gasteiger partial charge in [0, 0.05) is 21.5 Å². The molecule has 0 N–H and O–H groups in total. The Morgan fingerprint density at radius 2 is 1.09 bits per heavy atom. The fourth-order valence-electron chi connectivity index (χ4n) is 3.83. The zero-order chi connectivity index (χ0) is 23.1. The Morgan fingerprint density at radius 1 is 0.545 bits per heavy atom. The third-order valence-corrected chi connectivity index (χ3v) is 5.41. The second kappa shape index (κ2) is 8.09. The van der Waals surface area contributed by atoms with E-state index in [0.717, 1.165) is 10.8 Å². The first kappa shape index (κ1) is 20.8. The van der Waals surface area contributed by atoms with Gasteiger partial charge in [0.25, 0.3) is 0 Å². The molecule has 0 spiro atoms. The van der Waals surface area contributed by atoms with E-state index in [9.17, 15) is 13.2 Å². The molecule has 2 heterocycles. The number of hydrogen-bond acceptors (Lipinski definition) is 4. The van der Waals surface area contributed by atoms with E-state index in [1.165, 1.54) is 26.4 Å². The number of hydrogen-bond donors (Lipinski definition) is 0. The van der Waals surface area contributed by atoms with Gasteiger partial charge in [0.15, 0.2) is 34.1 Å². The minimum absolute atomic E-state index is 0.0180. The molecule has 0 atom stereocenters. The molecule has 2 aromatic heterocycles. The minimum atomic E-state index is -0.611. The zero-order valence-electron chi connectivity index (χ0n) is 17.6. The molecule has 0 aliphatic rings. The summed E-state index contributed by atoms with van der Waals surface area (Å²) in [5, 5.41) is 2.78. The van der Waals surface area contributed by atoms with Gasteiger partial charge in [0.2, 0.25) is 11.6 Å². The molecule has 166 valence electrons. The Labute approximate surface area is 185 Å². The summed E-state index contributed by atoms with van der Waals surface area (Å²) in [6.07, 6.45) is 0. The molecule has 0 aliphatic heterocycles. The van der Waals surface area contributed by atoms with Gasteiger partial charge in [-0.1, -0.05) is 30.3 Å². The number of methoxy groups -OCH3 is 2. The van der Waals surface area contributed by atoms with Crippen molar-refractivity contribution in [1.29, 1.82) is 0 Å². The van der Waals surface area contributed by atoms with Gasteiger partial charge in [-0.2, -0.15) is 8.78 Å². The third kappa shape index (κ3) is 3.33. The maximum atomic E-state index is 13.9. The Balaban J connectivity index is 0.000000139. The lowest BCUT2D eigenvalue weighted by molar-refractivity contribution is 0.385. The van der Waals surface area contributed by atoms with Crippen LogP contribution in [0.15, 0.2) is 75.6 Å². The highest BCUT2D eigenvalue weighted by Crippen LogP contribution is 2.35. The molecule has 0 aliphatic carbocycles. The summed E-state index contributed by atoms with van der Waals surface area (Å²) in [6.45, 7) is 0. The normalized spacial score (nSPS) is 11.2. The van der Waals surface area contributed by atoms with Crippen molar-refractivity contribution >= 4 is 43.9 Å². The van der Waals surface area contributed by atoms with E-state index >= 15 is 0 Å². The summed E-state index contributed by atoms with van der Waals surface area (Å²) in [5.41, 5.74) is 1.02. The summed E-state index contributed by atoms with van der Waals surface area (Å²) < 4.78 is 61.7. The van der Waals surface area contributed by atoms with Crippen molar-refractivity contribution in [3.63, 3.8) is 0 Å². The van der Waals surface area contributed by atoms with Crippen molar-refractivity contribution in [2.75, 3.05) is 14.2 Å². The molecule has 0 saturated heterocycles. The maximum absolute atomic E-state index is 13.9. The summed E-state index contributed by atoms with van der Waals surface area (Å²) in [5.74, 6) is -1.28. The Hall–Kier alpha value is -4.13. The Bertz CT molecular complexity index is 1630. The number of halogens is 3. The van der Waals surface area contributed by atoms with E-state index in [2.05, 4.69) is 0 Å². The van der Waals surface area contributed by atoms with Gasteiger partial charge in [0.1, 0.15) is 5.58 Å². The molecule has 4 aromatic carbocycles. The number of furan rings is 2. The second-order valence-corrected chi connectivity index (χ2v) is 7.23. The smallest absolute Gasteiger partial charge is 0.208 e. The third-order valence-electron chi connectivity index (χ3n) is 5.41. The van der Waals surface area contributed by atoms with Crippen LogP contribution in [0.3, 0.4) is 0 Å². The van der Waals surface area contributed by atoms with Crippen molar-refractivity contribution < 1.29 is 31.5 Å². The van der Waals surface area contributed by atoms with Gasteiger partial charge in [-0.25, -0.2) is 4.39 Å². The Kier molecular flexibility index (Phi) is 5.09. The molecule has 0 bridgehead atoms. The Morgan fingerprint density at radius 3 is 1.76 bits per heavy atom. The second-order valence-electron chi connectivity index (χ2n) is 7.23. The molecule has 33 heavy (non-hydrogen) atoms. The van der Waals surface area contributed by atoms with Crippen LogP contribution < -0.4 is 9.47 Å². The van der Waals surface area contributed by atoms with E-state index in [1.54, 1.807) is 24.3 Å². The van der Waals surface area contributed by atoms with Crippen molar-refractivity contribution in [2.24, 2.45) is 0 Å². The lowest BCUT2D eigenvalue weighted by atomic mass is 10.1. The summed E-state index contributed by atoms with van der Waals surface area (Å²) >= 11 is 0. The number of para-hydroxylation sites is 2. The highest BCUT2D eigenvalue weighted by molar-refractivity contribution is 6.06. The van der Waals surface area contributed by atoms with E-state index in [-0.39, 0.29) is 28.2 Å². The quantitative estimate of drug-likeness (QED) is 0.272. The van der Waals surface area contributed by atoms with Gasteiger partial charge < -0.3 is 18.3 Å². The fraction of sp³-hybridized carbons (Fsp3) is 0.0769. The highest BCUT2D eigenvalue weighted by Gasteiger charge is 2.17. The van der Waals surface area contributed by atoms with Crippen LogP contribution in [0.25, 0.3) is 43.9 Å². The largest absolute Gasteiger partial charge is 0.494 e. The van der Waals surface area contributed by atoms with Crippen molar-refractivity contribution in [2.45, 2.75) is 0 Å². The molecule has 6 aromatic rings. The van der Waals surface area contributed by atoms with Crippen molar-refractivity contribution in [3.8, 4) is 11.5 Å². The lowest BCUT2D eigenvalue weighted by Crippen LogP contribution is -1.87. The van der Waals surface area contributed by atoms with Gasteiger partial charge >= 0.3 is 0 Å². The first-order chi connectivity index (χ1) is 16.0. The van der Waals surface area contributed by atoms with Crippen LogP contribution in [0.2, 0.25) is 0 Å². The lowest BCUT2D eigenvalue weighted by Gasteiger charge is -2.00. The summed E-state index contributed by atoms with van der Waals surface area (Å²) in [4.78, 5) is 0. The molecular weight excluding hydrogens is 433 g/mol. The molecule has 4 nitrogen and oxygen atoms in total. The molecular formula is C26H17F3O4. The van der Waals surface area contributed by atoms with Gasteiger partial charge in [-0.15, -0.1) is 0 Å². The first-order valence-corrected chi connectivity index (χ1v) is 10.0. The molecule has 0 radical (unpaired) electrons. The van der Waals surface area contributed by atoms with Crippen molar-refractivity contribution in [3.05, 3.63) is 84.2 Å². The standard InChI is InChI=1S/C13H8F2O2.C13H9FO2/c1-16-10-6-5-8-7-3-2-4-9(14)12(7)17-13(8)11(10)15;1-15-11-7-6-9-8-4-2-3-5-10(8)16-13(9)12(11)14/h2-6H,1H3;2-7H,1H3. The molecule has 6 rings (SSSR count). The van der Waals surface area contributed by atoms with Crippen LogP contribution in [-0.2, 0) is 0 Å². The number of benzene rings is 4. The molecule has 0 amide bonds. The van der Waals surface area contributed by atoms with E-state index < -0.39 is 17.5 Å². The van der Waals surface area contributed by atoms with Gasteiger partial charge in [-0.05, 0) is 36.4 Å². The topological polar surface area (TPSA) is 44.7 Å². The van der Waals surface area contributed by atoms with Crippen LogP contribution in [0.4, 0.5) is 13.2 Å². The van der Waals surface area contributed by atoms with Gasteiger partial charge in [-0.3, -0.25) is 0 Å². The van der Waals surface area contributed by atoms with E-state index in [4.69, 9.17) is 18.3 Å². The van der Waals surface area contributed by atoms with Crippen LogP contribution in [0.1, 0.15) is 0 Å². The zero-order valence-corrected chi connectivity index (χ0v) is 17.6. The average Bonchev–Trinajstić information content (AvgIpc) is 3.41. The maximum Gasteiger partial charge on any atom is 0.208 e. The SMILES string of the molecule is COc1ccc2c(oc3c(F)cccc32)c1F.COc1ccc2c(oc3ccccc32)c1F. The van der Waals surface area contributed by atoms with E-state index in [0.29, 0.717) is 16.4 Å². The molecule has 0 unspecified atom stereocenters. The van der Waals surface area contributed by atoms with E-state index in [1.807, 2.05) is 30.3 Å². The summed E-state index contributed by atoms with van der Waals surface area (Å²) in [7, 11) is 2.81. The number of ether oxygens (including phenoxy) is 2. The fourth-order valence-corrected chi connectivity index (χ4v) is 3.83. The molecule has 0 saturated carbocycles. The molecule has 0 fully saturated rings. The minimum Gasteiger partial charge on any atom is -0.494 e. The summed E-state index contributed by atoms with van der Waals surface area (Å²) in [6, 6.07) is 18.6. The molecule has 7 heteroatoms. The first-order valence-electron chi connectivity index (χ1n) is 10.0. The average molecular weight is 450 g/mol.